The Morgan fingerprint density at radius 3 is 2.91 bits per heavy atom. The molecular weight excluding hydrogens is 297 g/mol. The number of anilines is 1. The average molecular weight is 313 g/mol. The van der Waals surface area contributed by atoms with Gasteiger partial charge in [0.25, 0.3) is 0 Å². The van der Waals surface area contributed by atoms with E-state index in [1.165, 1.54) is 12.1 Å². The summed E-state index contributed by atoms with van der Waals surface area (Å²) in [7, 11) is 0. The summed E-state index contributed by atoms with van der Waals surface area (Å²) in [5, 5.41) is 2.94. The van der Waals surface area contributed by atoms with Gasteiger partial charge in [0.05, 0.1) is 25.3 Å². The van der Waals surface area contributed by atoms with Crippen LogP contribution in [0.2, 0.25) is 0 Å². The predicted octanol–water partition coefficient (Wildman–Crippen LogP) is 2.88. The van der Waals surface area contributed by atoms with E-state index in [-0.39, 0.29) is 18.1 Å². The summed E-state index contributed by atoms with van der Waals surface area (Å²) in [5.41, 5.74) is 3.41. The Balaban J connectivity index is 1.60. The molecular formula is C18H16FNO3. The van der Waals surface area contributed by atoms with Gasteiger partial charge in [0.15, 0.2) is 0 Å². The highest BCUT2D eigenvalue weighted by Crippen LogP contribution is 2.44. The van der Waals surface area contributed by atoms with E-state index in [0.29, 0.717) is 24.5 Å². The second-order valence-electron chi connectivity index (χ2n) is 5.77. The van der Waals surface area contributed by atoms with Gasteiger partial charge in [0.2, 0.25) is 5.91 Å². The largest absolute Gasteiger partial charge is 0.493 e. The molecule has 2 heterocycles. The average Bonchev–Trinajstić information content (AvgIpc) is 3.15. The predicted molar refractivity (Wildman–Crippen MR) is 83.6 cm³/mol. The Labute approximate surface area is 133 Å². The number of nitrogens with one attached hydrogen (secondary N) is 1. The summed E-state index contributed by atoms with van der Waals surface area (Å²) in [6.07, 6.45) is 1.69. The van der Waals surface area contributed by atoms with E-state index >= 15 is 0 Å². The van der Waals surface area contributed by atoms with Gasteiger partial charge in [-0.2, -0.15) is 0 Å². The minimum atomic E-state index is -0.339. The molecule has 5 heteroatoms. The Kier molecular flexibility index (Phi) is 3.41. The van der Waals surface area contributed by atoms with E-state index in [2.05, 4.69) is 5.32 Å². The minimum Gasteiger partial charge on any atom is -0.493 e. The summed E-state index contributed by atoms with van der Waals surface area (Å²) in [5.74, 6) is 1.05. The second kappa shape index (κ2) is 5.57. The molecule has 1 amide bonds. The van der Waals surface area contributed by atoms with E-state index in [9.17, 15) is 9.18 Å². The van der Waals surface area contributed by atoms with Crippen molar-refractivity contribution in [3.63, 3.8) is 0 Å². The number of hydrogen-bond acceptors (Lipinski definition) is 3. The van der Waals surface area contributed by atoms with Crippen LogP contribution in [0.25, 0.3) is 0 Å². The lowest BCUT2D eigenvalue weighted by Crippen LogP contribution is -2.16. The zero-order chi connectivity index (χ0) is 15.8. The van der Waals surface area contributed by atoms with Gasteiger partial charge in [0.1, 0.15) is 17.3 Å². The first-order valence-corrected chi connectivity index (χ1v) is 7.69. The third-order valence-corrected chi connectivity index (χ3v) is 4.17. The van der Waals surface area contributed by atoms with E-state index < -0.39 is 0 Å². The normalized spacial score (nSPS) is 14.7. The molecule has 2 aliphatic heterocycles. The minimum absolute atomic E-state index is 0.122. The van der Waals surface area contributed by atoms with Crippen LogP contribution in [0.15, 0.2) is 30.3 Å². The van der Waals surface area contributed by atoms with E-state index in [4.69, 9.17) is 9.47 Å². The Bertz CT molecular complexity index is 756. The summed E-state index contributed by atoms with van der Waals surface area (Å²) >= 11 is 0. The smallest absolute Gasteiger partial charge is 0.228 e. The first-order valence-electron chi connectivity index (χ1n) is 7.69. The van der Waals surface area contributed by atoms with Gasteiger partial charge < -0.3 is 14.8 Å². The van der Waals surface area contributed by atoms with E-state index in [1.54, 1.807) is 12.1 Å². The van der Waals surface area contributed by atoms with Crippen LogP contribution in [0.3, 0.4) is 0 Å². The molecule has 118 valence electrons. The number of ether oxygens (including phenoxy) is 2. The van der Waals surface area contributed by atoms with Crippen molar-refractivity contribution in [2.24, 2.45) is 0 Å². The zero-order valence-corrected chi connectivity index (χ0v) is 12.5. The molecule has 4 rings (SSSR count). The molecule has 0 radical (unpaired) electrons. The zero-order valence-electron chi connectivity index (χ0n) is 12.5. The topological polar surface area (TPSA) is 47.6 Å². The molecule has 0 atom stereocenters. The fourth-order valence-corrected chi connectivity index (χ4v) is 3.13. The monoisotopic (exact) mass is 313 g/mol. The highest BCUT2D eigenvalue weighted by molar-refractivity contribution is 5.95. The molecule has 0 aromatic heterocycles. The van der Waals surface area contributed by atoms with Crippen molar-refractivity contribution in [1.29, 1.82) is 0 Å². The summed E-state index contributed by atoms with van der Waals surface area (Å²) < 4.78 is 24.6. The number of fused-ring (bicyclic) bond motifs is 2. The van der Waals surface area contributed by atoms with Gasteiger partial charge in [0, 0.05) is 24.0 Å². The second-order valence-corrected chi connectivity index (χ2v) is 5.77. The van der Waals surface area contributed by atoms with Gasteiger partial charge in [-0.3, -0.25) is 4.79 Å². The van der Waals surface area contributed by atoms with Crippen LogP contribution in [0, 0.1) is 5.82 Å². The lowest BCUT2D eigenvalue weighted by atomic mass is 10.0. The number of benzene rings is 2. The number of rotatable bonds is 3. The lowest BCUT2D eigenvalue weighted by Gasteiger charge is -2.14. The van der Waals surface area contributed by atoms with Gasteiger partial charge in [-0.05, 0) is 23.8 Å². The molecule has 2 aromatic carbocycles. The van der Waals surface area contributed by atoms with Crippen molar-refractivity contribution in [3.05, 3.63) is 52.8 Å². The maximum absolute atomic E-state index is 13.2. The maximum atomic E-state index is 13.2. The molecule has 0 bridgehead atoms. The van der Waals surface area contributed by atoms with Crippen LogP contribution in [0.5, 0.6) is 11.5 Å². The SMILES string of the molecule is O=C(Cc1cccc(F)c1)Nc1c2c(cc3c1OCC3)OCC2. The number of halogens is 1. The highest BCUT2D eigenvalue weighted by atomic mass is 19.1. The third kappa shape index (κ3) is 2.63. The molecule has 0 saturated carbocycles. The number of hydrogen-bond donors (Lipinski definition) is 1. The summed E-state index contributed by atoms with van der Waals surface area (Å²) in [6, 6.07) is 8.09. The van der Waals surface area contributed by atoms with Crippen molar-refractivity contribution < 1.29 is 18.7 Å². The first-order chi connectivity index (χ1) is 11.2. The fraction of sp³-hybridized carbons (Fsp3) is 0.278. The molecule has 0 unspecified atom stereocenters. The molecule has 0 spiro atoms. The van der Waals surface area contributed by atoms with Crippen LogP contribution in [-0.4, -0.2) is 19.1 Å². The molecule has 23 heavy (non-hydrogen) atoms. The number of carbonyl (C=O) groups excluding carboxylic acids is 1. The highest BCUT2D eigenvalue weighted by Gasteiger charge is 2.27. The number of amides is 1. The van der Waals surface area contributed by atoms with Crippen molar-refractivity contribution in [1.82, 2.24) is 0 Å². The molecule has 2 aromatic rings. The van der Waals surface area contributed by atoms with Crippen LogP contribution in [0.1, 0.15) is 16.7 Å². The Morgan fingerprint density at radius 1 is 1.17 bits per heavy atom. The van der Waals surface area contributed by atoms with Gasteiger partial charge in [-0.15, -0.1) is 0 Å². The van der Waals surface area contributed by atoms with Gasteiger partial charge in [-0.25, -0.2) is 4.39 Å². The standard InChI is InChI=1S/C18H16FNO3/c19-13-3-1-2-11(8-13)9-16(21)20-17-14-5-7-22-15(14)10-12-4-6-23-18(12)17/h1-3,8,10H,4-7,9H2,(H,20,21). The number of carbonyl (C=O) groups is 1. The first kappa shape index (κ1) is 14.1. The van der Waals surface area contributed by atoms with Gasteiger partial charge in [-0.1, -0.05) is 12.1 Å². The van der Waals surface area contributed by atoms with E-state index in [0.717, 1.165) is 35.5 Å². The quantitative estimate of drug-likeness (QED) is 0.948. The molecule has 2 aliphatic rings. The molecule has 0 saturated heterocycles. The third-order valence-electron chi connectivity index (χ3n) is 4.17. The summed E-state index contributed by atoms with van der Waals surface area (Å²) in [4.78, 5) is 12.4. The van der Waals surface area contributed by atoms with Crippen molar-refractivity contribution in [3.8, 4) is 11.5 Å². The lowest BCUT2D eigenvalue weighted by molar-refractivity contribution is -0.115. The Morgan fingerprint density at radius 2 is 2.04 bits per heavy atom. The van der Waals surface area contributed by atoms with Crippen molar-refractivity contribution >= 4 is 11.6 Å². The van der Waals surface area contributed by atoms with Crippen molar-refractivity contribution in [2.45, 2.75) is 19.3 Å². The molecule has 4 nitrogen and oxygen atoms in total. The Hall–Kier alpha value is -2.56. The molecule has 1 N–H and O–H groups in total. The van der Waals surface area contributed by atoms with Gasteiger partial charge >= 0.3 is 0 Å². The fourth-order valence-electron chi connectivity index (χ4n) is 3.13. The summed E-state index contributed by atoms with van der Waals surface area (Å²) in [6.45, 7) is 1.23. The molecule has 0 fully saturated rings. The van der Waals surface area contributed by atoms with Crippen LogP contribution in [-0.2, 0) is 24.1 Å². The maximum Gasteiger partial charge on any atom is 0.228 e. The molecule has 0 aliphatic carbocycles. The van der Waals surface area contributed by atoms with Crippen LogP contribution >= 0.6 is 0 Å². The van der Waals surface area contributed by atoms with Crippen LogP contribution in [0.4, 0.5) is 10.1 Å². The van der Waals surface area contributed by atoms with E-state index in [1.807, 2.05) is 6.07 Å². The van der Waals surface area contributed by atoms with Crippen LogP contribution < -0.4 is 14.8 Å². The van der Waals surface area contributed by atoms with Crippen molar-refractivity contribution in [2.75, 3.05) is 18.5 Å².